The highest BCUT2D eigenvalue weighted by Gasteiger charge is 2.16. The van der Waals surface area contributed by atoms with E-state index in [0.29, 0.717) is 6.54 Å². The number of rotatable bonds is 9. The molecule has 1 aromatic heterocycles. The minimum atomic E-state index is -0.700. The van der Waals surface area contributed by atoms with Crippen LogP contribution in [0.4, 0.5) is 11.6 Å². The van der Waals surface area contributed by atoms with Crippen molar-refractivity contribution in [2.24, 2.45) is 0 Å². The molecule has 1 amide bonds. The summed E-state index contributed by atoms with van der Waals surface area (Å²) in [5.74, 6) is -0.385. The largest absolute Gasteiger partial charge is 0.491 e. The number of nitrogen functional groups attached to an aromatic ring is 2. The molecule has 0 bridgehead atoms. The number of guanidine groups is 1. The second kappa shape index (κ2) is 11.0. The number of nitrogens with one attached hydrogen (secondary N) is 3. The Morgan fingerprint density at radius 3 is 2.79 bits per heavy atom. The number of aryl methyl sites for hydroxylation is 1. The molecule has 2 aromatic rings. The van der Waals surface area contributed by atoms with Crippen molar-refractivity contribution in [1.82, 2.24) is 20.6 Å². The quantitative estimate of drug-likeness (QED) is 0.197. The summed E-state index contributed by atoms with van der Waals surface area (Å²) in [6.45, 7) is 0.743. The van der Waals surface area contributed by atoms with Crippen LogP contribution in [-0.4, -0.2) is 46.7 Å². The number of ether oxygens (including phenoxy) is 1. The zero-order valence-corrected chi connectivity index (χ0v) is 16.5. The average Bonchev–Trinajstić information content (AvgIpc) is 2.69. The monoisotopic (exact) mass is 421 g/mol. The molecule has 0 aliphatic rings. The van der Waals surface area contributed by atoms with Crippen LogP contribution >= 0.6 is 11.6 Å². The Morgan fingerprint density at radius 2 is 2.03 bits per heavy atom. The van der Waals surface area contributed by atoms with Crippen LogP contribution in [0.5, 0.6) is 5.75 Å². The van der Waals surface area contributed by atoms with E-state index in [0.717, 1.165) is 30.6 Å². The molecule has 0 saturated carbocycles. The average molecular weight is 422 g/mol. The smallest absolute Gasteiger partial charge is 0.280 e. The third kappa shape index (κ3) is 7.09. The Morgan fingerprint density at radius 1 is 1.24 bits per heavy atom. The van der Waals surface area contributed by atoms with Crippen LogP contribution in [-0.2, 0) is 6.42 Å². The zero-order chi connectivity index (χ0) is 21.2. The Labute approximate surface area is 173 Å². The number of nitrogens with zero attached hydrogens (tertiary/aromatic N) is 2. The standard InChI is InChI=1S/C18H24ClN7O3/c19-14-16(21)25-15(20)13(24-14)17(28)26-18(22)23-7-2-1-4-11-5-3-6-12(10-11)29-9-8-27/h3,5-6,10,27H,1-2,4,7-9H2,(H4,20,21,25)(H3,22,23,26,28). The van der Waals surface area contributed by atoms with E-state index in [9.17, 15) is 4.79 Å². The number of carbonyl (C=O) groups excluding carboxylic acids is 1. The van der Waals surface area contributed by atoms with Crippen LogP contribution in [0.25, 0.3) is 0 Å². The van der Waals surface area contributed by atoms with Crippen molar-refractivity contribution < 1.29 is 14.6 Å². The Hall–Kier alpha value is -3.11. The summed E-state index contributed by atoms with van der Waals surface area (Å²) in [4.78, 5) is 19.6. The lowest BCUT2D eigenvalue weighted by Crippen LogP contribution is -2.41. The number of halogens is 1. The first-order valence-electron chi connectivity index (χ1n) is 8.95. The van der Waals surface area contributed by atoms with Gasteiger partial charge in [-0.2, -0.15) is 0 Å². The van der Waals surface area contributed by atoms with Crippen molar-refractivity contribution in [3.63, 3.8) is 0 Å². The van der Waals surface area contributed by atoms with Crippen LogP contribution in [0.3, 0.4) is 0 Å². The molecule has 0 aliphatic heterocycles. The minimum absolute atomic E-state index is 0.0249. The van der Waals surface area contributed by atoms with E-state index in [-0.39, 0.29) is 41.7 Å². The first-order chi connectivity index (χ1) is 13.9. The molecule has 1 aromatic carbocycles. The second-order valence-electron chi connectivity index (χ2n) is 6.07. The summed E-state index contributed by atoms with van der Waals surface area (Å²) in [5, 5.41) is 21.6. The molecule has 0 unspecified atom stereocenters. The van der Waals surface area contributed by atoms with Gasteiger partial charge in [-0.15, -0.1) is 0 Å². The molecule has 0 spiro atoms. The van der Waals surface area contributed by atoms with Gasteiger partial charge in [0.25, 0.3) is 5.91 Å². The number of aliphatic hydroxyl groups is 1. The molecule has 11 heteroatoms. The SMILES string of the molecule is N=C(NCCCCc1cccc(OCCO)c1)NC(=O)c1nc(Cl)c(N)nc1N. The molecular formula is C18H24ClN7O3. The predicted molar refractivity (Wildman–Crippen MR) is 111 cm³/mol. The normalized spacial score (nSPS) is 10.4. The molecular weight excluding hydrogens is 398 g/mol. The number of aliphatic hydroxyl groups excluding tert-OH is 1. The van der Waals surface area contributed by atoms with Crippen LogP contribution < -0.4 is 26.8 Å². The summed E-state index contributed by atoms with van der Waals surface area (Å²) in [7, 11) is 0. The van der Waals surface area contributed by atoms with E-state index in [2.05, 4.69) is 20.6 Å². The molecule has 1 heterocycles. The lowest BCUT2D eigenvalue weighted by atomic mass is 10.1. The fraction of sp³-hybridized carbons (Fsp3) is 0.333. The molecule has 0 aliphatic carbocycles. The van der Waals surface area contributed by atoms with Gasteiger partial charge < -0.3 is 26.6 Å². The Bertz CT molecular complexity index is 863. The highest BCUT2D eigenvalue weighted by Crippen LogP contribution is 2.17. The van der Waals surface area contributed by atoms with Crippen LogP contribution in [0.15, 0.2) is 24.3 Å². The lowest BCUT2D eigenvalue weighted by molar-refractivity contribution is 0.0971. The van der Waals surface area contributed by atoms with Crippen LogP contribution in [0.2, 0.25) is 5.15 Å². The number of benzene rings is 1. The third-order valence-corrected chi connectivity index (χ3v) is 4.09. The lowest BCUT2D eigenvalue weighted by Gasteiger charge is -2.10. The summed E-state index contributed by atoms with van der Waals surface area (Å²) >= 11 is 5.75. The van der Waals surface area contributed by atoms with E-state index in [4.69, 9.17) is 38.3 Å². The van der Waals surface area contributed by atoms with Gasteiger partial charge in [-0.3, -0.25) is 15.5 Å². The number of unbranched alkanes of at least 4 members (excludes halogenated alkanes) is 1. The maximum Gasteiger partial charge on any atom is 0.280 e. The van der Waals surface area contributed by atoms with Crippen LogP contribution in [0, 0.1) is 5.41 Å². The van der Waals surface area contributed by atoms with Crippen molar-refractivity contribution in [3.8, 4) is 5.75 Å². The van der Waals surface area contributed by atoms with E-state index < -0.39 is 5.91 Å². The molecule has 8 N–H and O–H groups in total. The molecule has 0 saturated heterocycles. The fourth-order valence-corrected chi connectivity index (χ4v) is 2.57. The maximum absolute atomic E-state index is 12.1. The molecule has 2 rings (SSSR count). The number of amides is 1. The fourth-order valence-electron chi connectivity index (χ4n) is 2.45. The van der Waals surface area contributed by atoms with E-state index in [1.165, 1.54) is 0 Å². The van der Waals surface area contributed by atoms with Gasteiger partial charge in [0.2, 0.25) is 0 Å². The third-order valence-electron chi connectivity index (χ3n) is 3.81. The van der Waals surface area contributed by atoms with Crippen molar-refractivity contribution in [3.05, 3.63) is 40.7 Å². The Balaban J connectivity index is 1.71. The van der Waals surface area contributed by atoms with Crippen molar-refractivity contribution >= 4 is 35.1 Å². The molecule has 0 fully saturated rings. The van der Waals surface area contributed by atoms with E-state index in [1.54, 1.807) is 0 Å². The molecule has 29 heavy (non-hydrogen) atoms. The number of anilines is 2. The molecule has 156 valence electrons. The number of aromatic nitrogens is 2. The number of hydrogen-bond acceptors (Lipinski definition) is 8. The van der Waals surface area contributed by atoms with Gasteiger partial charge in [-0.05, 0) is 37.0 Å². The van der Waals surface area contributed by atoms with Crippen molar-refractivity contribution in [2.45, 2.75) is 19.3 Å². The summed E-state index contributed by atoms with van der Waals surface area (Å²) < 4.78 is 5.39. The first kappa shape index (κ1) is 22.2. The van der Waals surface area contributed by atoms with Crippen molar-refractivity contribution in [1.29, 1.82) is 5.41 Å². The van der Waals surface area contributed by atoms with Gasteiger partial charge in [-0.25, -0.2) is 9.97 Å². The topological polar surface area (TPSA) is 172 Å². The highest BCUT2D eigenvalue weighted by molar-refractivity contribution is 6.31. The van der Waals surface area contributed by atoms with Gasteiger partial charge in [0, 0.05) is 6.54 Å². The molecule has 0 atom stereocenters. The molecule has 0 radical (unpaired) electrons. The van der Waals surface area contributed by atoms with Crippen molar-refractivity contribution in [2.75, 3.05) is 31.2 Å². The van der Waals surface area contributed by atoms with Gasteiger partial charge in [0.15, 0.2) is 28.4 Å². The summed E-state index contributed by atoms with van der Waals surface area (Å²) in [5.41, 5.74) is 12.0. The zero-order valence-electron chi connectivity index (χ0n) is 15.7. The maximum atomic E-state index is 12.1. The number of nitrogens with two attached hydrogens (primary N) is 2. The second-order valence-corrected chi connectivity index (χ2v) is 6.42. The minimum Gasteiger partial charge on any atom is -0.491 e. The van der Waals surface area contributed by atoms with E-state index in [1.807, 2.05) is 24.3 Å². The highest BCUT2D eigenvalue weighted by atomic mass is 35.5. The predicted octanol–water partition coefficient (Wildman–Crippen LogP) is 0.943. The van der Waals surface area contributed by atoms with Gasteiger partial charge in [0.1, 0.15) is 12.4 Å². The summed E-state index contributed by atoms with van der Waals surface area (Å²) in [6.07, 6.45) is 2.51. The summed E-state index contributed by atoms with van der Waals surface area (Å²) in [6, 6.07) is 7.69. The van der Waals surface area contributed by atoms with Gasteiger partial charge in [-0.1, -0.05) is 23.7 Å². The van der Waals surface area contributed by atoms with Crippen LogP contribution in [0.1, 0.15) is 28.9 Å². The van der Waals surface area contributed by atoms with Gasteiger partial charge >= 0.3 is 0 Å². The van der Waals surface area contributed by atoms with Gasteiger partial charge in [0.05, 0.1) is 6.61 Å². The Kier molecular flexibility index (Phi) is 8.44. The van der Waals surface area contributed by atoms with E-state index >= 15 is 0 Å². The number of carbonyl (C=O) groups is 1. The molecule has 10 nitrogen and oxygen atoms in total. The number of hydrogen-bond donors (Lipinski definition) is 6. The first-order valence-corrected chi connectivity index (χ1v) is 9.33.